The Hall–Kier alpha value is -1.06. The van der Waals surface area contributed by atoms with Crippen LogP contribution < -0.4 is 10.2 Å². The van der Waals surface area contributed by atoms with Gasteiger partial charge in [-0.25, -0.2) is 0 Å². The normalized spacial score (nSPS) is 21.1. The van der Waals surface area contributed by atoms with Gasteiger partial charge in [-0.1, -0.05) is 31.4 Å². The molecular formula is C18H28N2O. The molecule has 0 unspecified atom stereocenters. The Kier molecular flexibility index (Phi) is 4.51. The van der Waals surface area contributed by atoms with E-state index in [-0.39, 0.29) is 12.1 Å². The highest BCUT2D eigenvalue weighted by molar-refractivity contribution is 5.56. The molecule has 0 radical (unpaired) electrons. The summed E-state index contributed by atoms with van der Waals surface area (Å²) < 4.78 is 0. The predicted octanol–water partition coefficient (Wildman–Crippen LogP) is 2.85. The lowest BCUT2D eigenvalue weighted by Crippen LogP contribution is -2.49. The smallest absolute Gasteiger partial charge is 0.0613 e. The molecule has 1 aliphatic carbocycles. The molecule has 1 aliphatic heterocycles. The van der Waals surface area contributed by atoms with Gasteiger partial charge in [0.1, 0.15) is 0 Å². The first-order valence-electron chi connectivity index (χ1n) is 8.41. The Balaban J connectivity index is 1.67. The van der Waals surface area contributed by atoms with E-state index in [0.29, 0.717) is 0 Å². The predicted molar refractivity (Wildman–Crippen MR) is 87.8 cm³/mol. The third-order valence-corrected chi connectivity index (χ3v) is 5.28. The first-order valence-corrected chi connectivity index (χ1v) is 8.41. The van der Waals surface area contributed by atoms with Crippen molar-refractivity contribution >= 4 is 5.69 Å². The summed E-state index contributed by atoms with van der Waals surface area (Å²) in [6, 6.07) is 6.85. The number of benzene rings is 1. The van der Waals surface area contributed by atoms with E-state index in [2.05, 4.69) is 35.5 Å². The minimum absolute atomic E-state index is 0.0368. The van der Waals surface area contributed by atoms with E-state index >= 15 is 0 Å². The zero-order chi connectivity index (χ0) is 14.7. The van der Waals surface area contributed by atoms with E-state index in [1.54, 1.807) is 0 Å². The Morgan fingerprint density at radius 1 is 1.19 bits per heavy atom. The van der Waals surface area contributed by atoms with Crippen LogP contribution >= 0.6 is 0 Å². The van der Waals surface area contributed by atoms with Gasteiger partial charge in [-0.3, -0.25) is 0 Å². The minimum atomic E-state index is -0.0368. The van der Waals surface area contributed by atoms with Crippen molar-refractivity contribution in [2.75, 3.05) is 25.1 Å². The first-order chi connectivity index (χ1) is 10.2. The lowest BCUT2D eigenvalue weighted by molar-refractivity contribution is 0.119. The maximum atomic E-state index is 9.78. The van der Waals surface area contributed by atoms with Crippen molar-refractivity contribution in [2.45, 2.75) is 57.0 Å². The van der Waals surface area contributed by atoms with Crippen LogP contribution in [0.2, 0.25) is 0 Å². The van der Waals surface area contributed by atoms with Crippen LogP contribution in [0.1, 0.15) is 49.7 Å². The van der Waals surface area contributed by atoms with E-state index in [0.717, 1.165) is 25.9 Å². The van der Waals surface area contributed by atoms with E-state index < -0.39 is 0 Å². The average molecular weight is 288 g/mol. The van der Waals surface area contributed by atoms with Gasteiger partial charge in [0.15, 0.2) is 0 Å². The molecule has 0 bridgehead atoms. The molecule has 3 nitrogen and oxygen atoms in total. The maximum absolute atomic E-state index is 9.78. The fourth-order valence-electron chi connectivity index (χ4n) is 3.86. The molecule has 1 fully saturated rings. The van der Waals surface area contributed by atoms with Crippen LogP contribution in [0.25, 0.3) is 0 Å². The van der Waals surface area contributed by atoms with Gasteiger partial charge < -0.3 is 15.3 Å². The number of aryl methyl sites for hydroxylation is 1. The molecule has 2 aliphatic rings. The number of rotatable bonds is 4. The summed E-state index contributed by atoms with van der Waals surface area (Å²) in [5.41, 5.74) is 4.18. The van der Waals surface area contributed by atoms with Gasteiger partial charge in [0, 0.05) is 31.4 Å². The molecule has 116 valence electrons. The Morgan fingerprint density at radius 3 is 2.76 bits per heavy atom. The van der Waals surface area contributed by atoms with Crippen LogP contribution in [-0.2, 0) is 13.0 Å². The van der Waals surface area contributed by atoms with Crippen LogP contribution in [-0.4, -0.2) is 30.8 Å². The second kappa shape index (κ2) is 6.37. The molecule has 0 amide bonds. The lowest BCUT2D eigenvalue weighted by Gasteiger charge is -2.37. The molecule has 0 aromatic heterocycles. The third kappa shape index (κ3) is 3.24. The summed E-state index contributed by atoms with van der Waals surface area (Å²) >= 11 is 0. The molecule has 0 atom stereocenters. The fraction of sp³-hybridized carbons (Fsp3) is 0.667. The Bertz CT molecular complexity index is 480. The second-order valence-electron chi connectivity index (χ2n) is 6.84. The summed E-state index contributed by atoms with van der Waals surface area (Å²) in [5, 5.41) is 13.4. The SMILES string of the molecule is CN1CCCc2cc(CNC3(CO)CCCCC3)ccc21. The van der Waals surface area contributed by atoms with Gasteiger partial charge in [0.2, 0.25) is 0 Å². The van der Waals surface area contributed by atoms with Crippen LogP contribution in [0, 0.1) is 0 Å². The van der Waals surface area contributed by atoms with Crippen molar-refractivity contribution in [1.29, 1.82) is 0 Å². The molecule has 1 saturated carbocycles. The summed E-state index contributed by atoms with van der Waals surface area (Å²) in [5.74, 6) is 0. The quantitative estimate of drug-likeness (QED) is 0.894. The molecule has 21 heavy (non-hydrogen) atoms. The van der Waals surface area contributed by atoms with Gasteiger partial charge in [0.05, 0.1) is 6.61 Å². The van der Waals surface area contributed by atoms with Crippen LogP contribution in [0.15, 0.2) is 18.2 Å². The molecular weight excluding hydrogens is 260 g/mol. The highest BCUT2D eigenvalue weighted by Crippen LogP contribution is 2.29. The number of fused-ring (bicyclic) bond motifs is 1. The summed E-state index contributed by atoms with van der Waals surface area (Å²) in [6.07, 6.45) is 8.45. The Labute approximate surface area is 128 Å². The number of anilines is 1. The van der Waals surface area contributed by atoms with E-state index in [1.807, 2.05) is 0 Å². The van der Waals surface area contributed by atoms with Crippen molar-refractivity contribution in [3.8, 4) is 0 Å². The van der Waals surface area contributed by atoms with Gasteiger partial charge in [-0.15, -0.1) is 0 Å². The molecule has 0 saturated heterocycles. The standard InChI is InChI=1S/C18H28N2O/c1-20-11-5-6-16-12-15(7-8-17(16)20)13-19-18(14-21)9-3-2-4-10-18/h7-8,12,19,21H,2-6,9-11,13-14H2,1H3. The molecule has 1 heterocycles. The van der Waals surface area contributed by atoms with Gasteiger partial charge in [0.25, 0.3) is 0 Å². The first kappa shape index (κ1) is 14.9. The largest absolute Gasteiger partial charge is 0.394 e. The van der Waals surface area contributed by atoms with Gasteiger partial charge >= 0.3 is 0 Å². The zero-order valence-electron chi connectivity index (χ0n) is 13.2. The molecule has 2 N–H and O–H groups in total. The van der Waals surface area contributed by atoms with Crippen molar-refractivity contribution in [1.82, 2.24) is 5.32 Å². The van der Waals surface area contributed by atoms with E-state index in [9.17, 15) is 5.11 Å². The number of aliphatic hydroxyl groups excluding tert-OH is 1. The monoisotopic (exact) mass is 288 g/mol. The number of nitrogens with zero attached hydrogens (tertiary/aromatic N) is 1. The van der Waals surface area contributed by atoms with Crippen molar-refractivity contribution in [3.05, 3.63) is 29.3 Å². The van der Waals surface area contributed by atoms with Crippen LogP contribution in [0.5, 0.6) is 0 Å². The third-order valence-electron chi connectivity index (χ3n) is 5.28. The average Bonchev–Trinajstić information content (AvgIpc) is 2.54. The van der Waals surface area contributed by atoms with Gasteiger partial charge in [-0.2, -0.15) is 0 Å². The molecule has 1 aromatic carbocycles. The highest BCUT2D eigenvalue weighted by Gasteiger charge is 2.30. The van der Waals surface area contributed by atoms with Gasteiger partial charge in [-0.05, 0) is 42.9 Å². The summed E-state index contributed by atoms with van der Waals surface area (Å²) in [7, 11) is 2.18. The zero-order valence-corrected chi connectivity index (χ0v) is 13.2. The number of nitrogens with one attached hydrogen (secondary N) is 1. The van der Waals surface area contributed by atoms with Crippen molar-refractivity contribution < 1.29 is 5.11 Å². The maximum Gasteiger partial charge on any atom is 0.0613 e. The highest BCUT2D eigenvalue weighted by atomic mass is 16.3. The lowest BCUT2D eigenvalue weighted by atomic mass is 9.82. The Morgan fingerprint density at radius 2 is 2.00 bits per heavy atom. The molecule has 0 spiro atoms. The van der Waals surface area contributed by atoms with Crippen molar-refractivity contribution in [3.63, 3.8) is 0 Å². The number of hydrogen-bond donors (Lipinski definition) is 2. The van der Waals surface area contributed by atoms with Crippen LogP contribution in [0.4, 0.5) is 5.69 Å². The van der Waals surface area contributed by atoms with Crippen LogP contribution in [0.3, 0.4) is 0 Å². The topological polar surface area (TPSA) is 35.5 Å². The van der Waals surface area contributed by atoms with E-state index in [4.69, 9.17) is 0 Å². The molecule has 3 rings (SSSR count). The minimum Gasteiger partial charge on any atom is -0.394 e. The number of hydrogen-bond acceptors (Lipinski definition) is 3. The number of aliphatic hydroxyl groups is 1. The summed E-state index contributed by atoms with van der Waals surface area (Å²) in [6.45, 7) is 2.30. The fourth-order valence-corrected chi connectivity index (χ4v) is 3.86. The molecule has 3 heteroatoms. The second-order valence-corrected chi connectivity index (χ2v) is 6.84. The summed E-state index contributed by atoms with van der Waals surface area (Å²) in [4.78, 5) is 2.35. The van der Waals surface area contributed by atoms with E-state index in [1.165, 1.54) is 48.9 Å². The van der Waals surface area contributed by atoms with Crippen molar-refractivity contribution in [2.24, 2.45) is 0 Å². The molecule has 1 aromatic rings.